The molecule has 0 spiro atoms. The largest absolute Gasteiger partial charge is 0.494 e. The molecule has 2 aromatic rings. The van der Waals surface area contributed by atoms with Crippen molar-refractivity contribution >= 4 is 11.9 Å². The molecule has 6 heteroatoms. The molecule has 0 radical (unpaired) electrons. The highest BCUT2D eigenvalue weighted by Gasteiger charge is 2.15. The van der Waals surface area contributed by atoms with Gasteiger partial charge in [0.25, 0.3) is 0 Å². The van der Waals surface area contributed by atoms with Crippen LogP contribution in [0.1, 0.15) is 31.7 Å². The molecule has 0 aliphatic heterocycles. The van der Waals surface area contributed by atoms with Gasteiger partial charge in [-0.25, -0.2) is 0 Å². The van der Waals surface area contributed by atoms with Gasteiger partial charge in [0.1, 0.15) is 11.5 Å². The number of nitrogens with zero attached hydrogens (tertiary/aromatic N) is 1. The van der Waals surface area contributed by atoms with Crippen LogP contribution in [0.2, 0.25) is 0 Å². The summed E-state index contributed by atoms with van der Waals surface area (Å²) in [6.07, 6.45) is 1.12. The molecule has 0 bridgehead atoms. The zero-order valence-electron chi connectivity index (χ0n) is 17.1. The Morgan fingerprint density at radius 2 is 1.55 bits per heavy atom. The standard InChI is InChI=1S/C23H29NO5/c1-3-28-20-11-13-21(14-12-20)29-17-7-10-22(25)24(16-15-23(26)27-2)18-19-8-5-4-6-9-19/h4-6,8-9,11-14H,3,7,10,15-18H2,1-2H3. The maximum atomic E-state index is 12.7. The summed E-state index contributed by atoms with van der Waals surface area (Å²) in [7, 11) is 1.35. The van der Waals surface area contributed by atoms with Gasteiger partial charge in [0.15, 0.2) is 0 Å². The van der Waals surface area contributed by atoms with E-state index in [-0.39, 0.29) is 18.3 Å². The second-order valence-corrected chi connectivity index (χ2v) is 6.48. The summed E-state index contributed by atoms with van der Waals surface area (Å²) in [5.74, 6) is 1.22. The number of carbonyl (C=O) groups is 2. The fraction of sp³-hybridized carbons (Fsp3) is 0.391. The van der Waals surface area contributed by atoms with E-state index >= 15 is 0 Å². The molecule has 0 atom stereocenters. The van der Waals surface area contributed by atoms with Crippen LogP contribution in [0.5, 0.6) is 11.5 Å². The molecule has 0 unspecified atom stereocenters. The number of benzene rings is 2. The summed E-state index contributed by atoms with van der Waals surface area (Å²) in [6.45, 7) is 3.80. The first-order chi connectivity index (χ1) is 14.1. The Bertz CT molecular complexity index is 746. The van der Waals surface area contributed by atoms with E-state index in [0.717, 1.165) is 17.1 Å². The topological polar surface area (TPSA) is 65.1 Å². The van der Waals surface area contributed by atoms with Gasteiger partial charge in [-0.1, -0.05) is 30.3 Å². The Balaban J connectivity index is 1.81. The van der Waals surface area contributed by atoms with Gasteiger partial charge in [-0.15, -0.1) is 0 Å². The zero-order chi connectivity index (χ0) is 20.9. The first kappa shape index (κ1) is 22.3. The predicted octanol–water partition coefficient (Wildman–Crippen LogP) is 3.84. The van der Waals surface area contributed by atoms with Crippen LogP contribution in [0.4, 0.5) is 0 Å². The van der Waals surface area contributed by atoms with Crippen LogP contribution in [0.15, 0.2) is 54.6 Å². The monoisotopic (exact) mass is 399 g/mol. The average Bonchev–Trinajstić information content (AvgIpc) is 2.75. The third-order valence-corrected chi connectivity index (χ3v) is 4.32. The molecule has 156 valence electrons. The van der Waals surface area contributed by atoms with Gasteiger partial charge in [0, 0.05) is 19.5 Å². The zero-order valence-corrected chi connectivity index (χ0v) is 17.1. The van der Waals surface area contributed by atoms with Gasteiger partial charge in [-0.05, 0) is 43.2 Å². The highest BCUT2D eigenvalue weighted by molar-refractivity contribution is 5.77. The number of amides is 1. The molecule has 6 nitrogen and oxygen atoms in total. The van der Waals surface area contributed by atoms with E-state index in [1.165, 1.54) is 7.11 Å². The summed E-state index contributed by atoms with van der Waals surface area (Å²) < 4.78 is 15.8. The van der Waals surface area contributed by atoms with Crippen molar-refractivity contribution in [3.63, 3.8) is 0 Å². The Morgan fingerprint density at radius 3 is 2.17 bits per heavy atom. The minimum absolute atomic E-state index is 0.00644. The number of rotatable bonds is 12. The molecule has 29 heavy (non-hydrogen) atoms. The third-order valence-electron chi connectivity index (χ3n) is 4.32. The van der Waals surface area contributed by atoms with Crippen molar-refractivity contribution in [1.82, 2.24) is 4.90 Å². The second kappa shape index (κ2) is 12.4. The Hall–Kier alpha value is -3.02. The van der Waals surface area contributed by atoms with Gasteiger partial charge in [-0.2, -0.15) is 0 Å². The van der Waals surface area contributed by atoms with E-state index in [2.05, 4.69) is 0 Å². The lowest BCUT2D eigenvalue weighted by Crippen LogP contribution is -2.32. The van der Waals surface area contributed by atoms with Crippen LogP contribution in [0.3, 0.4) is 0 Å². The predicted molar refractivity (Wildman–Crippen MR) is 111 cm³/mol. The normalized spacial score (nSPS) is 10.3. The van der Waals surface area contributed by atoms with E-state index in [0.29, 0.717) is 39.1 Å². The van der Waals surface area contributed by atoms with E-state index in [1.807, 2.05) is 61.5 Å². The highest BCUT2D eigenvalue weighted by atomic mass is 16.5. The molecule has 0 aliphatic carbocycles. The van der Waals surface area contributed by atoms with Crippen molar-refractivity contribution in [3.8, 4) is 11.5 Å². The number of hydrogen-bond donors (Lipinski definition) is 0. The van der Waals surface area contributed by atoms with Gasteiger partial charge >= 0.3 is 5.97 Å². The maximum Gasteiger partial charge on any atom is 0.307 e. The molecule has 0 aliphatic rings. The summed E-state index contributed by atoms with van der Waals surface area (Å²) in [5.41, 5.74) is 1.02. The van der Waals surface area contributed by atoms with Crippen molar-refractivity contribution < 1.29 is 23.8 Å². The fourth-order valence-corrected chi connectivity index (χ4v) is 2.79. The molecule has 0 fully saturated rings. The number of esters is 1. The molecule has 2 rings (SSSR count). The minimum atomic E-state index is -0.324. The van der Waals surface area contributed by atoms with Crippen molar-refractivity contribution in [2.45, 2.75) is 32.7 Å². The van der Waals surface area contributed by atoms with Crippen molar-refractivity contribution in [1.29, 1.82) is 0 Å². The molecule has 0 N–H and O–H groups in total. The van der Waals surface area contributed by atoms with E-state index in [9.17, 15) is 9.59 Å². The summed E-state index contributed by atoms with van der Waals surface area (Å²) in [5, 5.41) is 0. The van der Waals surface area contributed by atoms with E-state index < -0.39 is 0 Å². The summed E-state index contributed by atoms with van der Waals surface area (Å²) in [4.78, 5) is 25.9. The van der Waals surface area contributed by atoms with Gasteiger partial charge in [0.05, 0.1) is 26.7 Å². The number of hydrogen-bond acceptors (Lipinski definition) is 5. The van der Waals surface area contributed by atoms with E-state index in [1.54, 1.807) is 4.90 Å². The first-order valence-electron chi connectivity index (χ1n) is 9.86. The van der Waals surface area contributed by atoms with Gasteiger partial charge in [0.2, 0.25) is 5.91 Å². The highest BCUT2D eigenvalue weighted by Crippen LogP contribution is 2.18. The van der Waals surface area contributed by atoms with Gasteiger partial charge < -0.3 is 19.1 Å². The Morgan fingerprint density at radius 1 is 0.897 bits per heavy atom. The lowest BCUT2D eigenvalue weighted by Gasteiger charge is -2.22. The average molecular weight is 399 g/mol. The molecule has 1 amide bonds. The van der Waals surface area contributed by atoms with Crippen LogP contribution in [0.25, 0.3) is 0 Å². The number of ether oxygens (including phenoxy) is 3. The van der Waals surface area contributed by atoms with Crippen molar-refractivity contribution in [2.75, 3.05) is 26.9 Å². The fourth-order valence-electron chi connectivity index (χ4n) is 2.79. The lowest BCUT2D eigenvalue weighted by molar-refractivity contribution is -0.142. The summed E-state index contributed by atoms with van der Waals surface area (Å²) >= 11 is 0. The van der Waals surface area contributed by atoms with Crippen molar-refractivity contribution in [3.05, 3.63) is 60.2 Å². The van der Waals surface area contributed by atoms with Crippen LogP contribution >= 0.6 is 0 Å². The minimum Gasteiger partial charge on any atom is -0.494 e. The SMILES string of the molecule is CCOc1ccc(OCCCC(=O)N(CCC(=O)OC)Cc2ccccc2)cc1. The number of carbonyl (C=O) groups excluding carboxylic acids is 2. The quantitative estimate of drug-likeness (QED) is 0.401. The Kier molecular flexibility index (Phi) is 9.55. The molecule has 0 saturated heterocycles. The maximum absolute atomic E-state index is 12.7. The third kappa shape index (κ3) is 8.25. The molecule has 0 aromatic heterocycles. The lowest BCUT2D eigenvalue weighted by atomic mass is 10.2. The van der Waals surface area contributed by atoms with Crippen molar-refractivity contribution in [2.24, 2.45) is 0 Å². The number of methoxy groups -OCH3 is 1. The van der Waals surface area contributed by atoms with Crippen LogP contribution < -0.4 is 9.47 Å². The molecular weight excluding hydrogens is 370 g/mol. The molecular formula is C23H29NO5. The van der Waals surface area contributed by atoms with E-state index in [4.69, 9.17) is 14.2 Å². The molecule has 0 heterocycles. The van der Waals surface area contributed by atoms with Crippen LogP contribution in [-0.2, 0) is 20.9 Å². The summed E-state index contributed by atoms with van der Waals surface area (Å²) in [6, 6.07) is 17.2. The Labute approximate surface area is 172 Å². The van der Waals surface area contributed by atoms with Crippen LogP contribution in [-0.4, -0.2) is 43.6 Å². The smallest absolute Gasteiger partial charge is 0.307 e. The van der Waals surface area contributed by atoms with Gasteiger partial charge in [-0.3, -0.25) is 9.59 Å². The van der Waals surface area contributed by atoms with Crippen LogP contribution in [0, 0.1) is 0 Å². The molecule has 2 aromatic carbocycles. The second-order valence-electron chi connectivity index (χ2n) is 6.48. The molecule has 0 saturated carbocycles. The first-order valence-corrected chi connectivity index (χ1v) is 9.86.